The average Bonchev–Trinajstić information content (AvgIpc) is 3.29. The minimum absolute atomic E-state index is 0.218. The molecule has 10 nitrogen and oxygen atoms in total. The van der Waals surface area contributed by atoms with Crippen LogP contribution in [-0.2, 0) is 23.1 Å². The molecule has 1 aliphatic rings. The number of urea groups is 1. The number of hydrogen-bond acceptors (Lipinski definition) is 6. The number of imide groups is 1. The molecule has 0 aliphatic carbocycles. The number of halogens is 1. The summed E-state index contributed by atoms with van der Waals surface area (Å²) in [7, 11) is 3.30. The van der Waals surface area contributed by atoms with Gasteiger partial charge in [0.2, 0.25) is 11.9 Å². The molecule has 1 fully saturated rings. The maximum absolute atomic E-state index is 13.6. The third kappa shape index (κ3) is 4.77. The lowest BCUT2D eigenvalue weighted by atomic mass is 9.81. The van der Waals surface area contributed by atoms with Gasteiger partial charge >= 0.3 is 6.03 Å². The van der Waals surface area contributed by atoms with Gasteiger partial charge in [-0.25, -0.2) is 19.2 Å². The molecule has 3 heterocycles. The Morgan fingerprint density at radius 2 is 1.92 bits per heavy atom. The van der Waals surface area contributed by atoms with Crippen molar-refractivity contribution in [2.45, 2.75) is 31.8 Å². The number of nitrogens with one attached hydrogen (secondary N) is 1. The molecule has 0 radical (unpaired) electrons. The maximum atomic E-state index is 13.6. The highest BCUT2D eigenvalue weighted by Gasteiger charge is 2.55. The molecule has 0 saturated carbocycles. The molecule has 2 aromatic heterocycles. The minimum atomic E-state index is -1.04. The second-order valence-electron chi connectivity index (χ2n) is 8.75. The highest BCUT2D eigenvalue weighted by molar-refractivity contribution is 6.12. The van der Waals surface area contributed by atoms with Gasteiger partial charge in [0.25, 0.3) is 5.91 Å². The summed E-state index contributed by atoms with van der Waals surface area (Å²) in [5.41, 5.74) is 7.21. The number of nitrogens with two attached hydrogens (primary N) is 1. The topological polar surface area (TPSA) is 126 Å². The number of nitrogens with zero attached hydrogens (tertiary/aromatic N) is 5. The van der Waals surface area contributed by atoms with Gasteiger partial charge in [-0.05, 0) is 48.2 Å². The Labute approximate surface area is 207 Å². The van der Waals surface area contributed by atoms with E-state index in [1.54, 1.807) is 55.3 Å². The normalized spacial score (nSPS) is 17.9. The van der Waals surface area contributed by atoms with Gasteiger partial charge in [-0.2, -0.15) is 0 Å². The molecule has 1 aliphatic heterocycles. The smallest absolute Gasteiger partial charge is 0.325 e. The Bertz CT molecular complexity index is 1280. The molecule has 3 atom stereocenters. The number of carbonyl (C=O) groups is 3. The predicted molar refractivity (Wildman–Crippen MR) is 131 cm³/mol. The van der Waals surface area contributed by atoms with Crippen LogP contribution in [0.5, 0.6) is 0 Å². The average molecular weight is 494 g/mol. The van der Waals surface area contributed by atoms with E-state index in [0.717, 1.165) is 10.5 Å². The molecule has 11 heteroatoms. The van der Waals surface area contributed by atoms with Crippen LogP contribution >= 0.6 is 0 Å². The second kappa shape index (κ2) is 10.1. The van der Waals surface area contributed by atoms with Gasteiger partial charge in [0.1, 0.15) is 17.7 Å². The van der Waals surface area contributed by atoms with Crippen LogP contribution in [0.4, 0.5) is 21.0 Å². The summed E-state index contributed by atoms with van der Waals surface area (Å²) in [5.74, 6) is -1.39. The summed E-state index contributed by atoms with van der Waals surface area (Å²) in [5, 5.41) is 2.82. The first-order chi connectivity index (χ1) is 17.2. The number of hydrogen-bond donors (Lipinski definition) is 2. The predicted octanol–water partition coefficient (Wildman–Crippen LogP) is 2.43. The Morgan fingerprint density at radius 3 is 2.53 bits per heavy atom. The summed E-state index contributed by atoms with van der Waals surface area (Å²) >= 11 is 0. The Balaban J connectivity index is 1.60. The van der Waals surface area contributed by atoms with E-state index >= 15 is 0 Å². The van der Waals surface area contributed by atoms with Crippen molar-refractivity contribution in [1.29, 1.82) is 0 Å². The molecule has 3 aromatic rings. The lowest BCUT2D eigenvalue weighted by Gasteiger charge is -2.45. The summed E-state index contributed by atoms with van der Waals surface area (Å²) in [6, 6.07) is 6.94. The van der Waals surface area contributed by atoms with Crippen LogP contribution in [0.25, 0.3) is 0 Å². The fraction of sp³-hybridized carbons (Fsp3) is 0.320. The number of amides is 4. The van der Waals surface area contributed by atoms with E-state index < -0.39 is 35.8 Å². The first-order valence-corrected chi connectivity index (χ1v) is 11.6. The zero-order chi connectivity index (χ0) is 26.0. The van der Waals surface area contributed by atoms with Gasteiger partial charge in [0, 0.05) is 32.7 Å². The van der Waals surface area contributed by atoms with Crippen LogP contribution in [0.15, 0.2) is 55.0 Å². The molecule has 4 amide bonds. The Morgan fingerprint density at radius 1 is 1.19 bits per heavy atom. The lowest BCUT2D eigenvalue weighted by molar-refractivity contribution is -0.156. The van der Waals surface area contributed by atoms with Gasteiger partial charge in [-0.1, -0.05) is 19.1 Å². The van der Waals surface area contributed by atoms with Crippen LogP contribution in [0, 0.1) is 11.7 Å². The summed E-state index contributed by atoms with van der Waals surface area (Å²) in [4.78, 5) is 50.6. The van der Waals surface area contributed by atoms with Crippen LogP contribution < -0.4 is 16.0 Å². The number of anilines is 2. The molecular formula is C25H28FN7O3. The largest absolute Gasteiger partial charge is 0.384 e. The number of pyridine rings is 1. The van der Waals surface area contributed by atoms with Gasteiger partial charge in [0.15, 0.2) is 0 Å². The van der Waals surface area contributed by atoms with Gasteiger partial charge < -0.3 is 15.6 Å². The molecular weight excluding hydrogens is 465 g/mol. The number of likely N-dealkylation sites (tertiary alicyclic amines) is 1. The monoisotopic (exact) mass is 493 g/mol. The van der Waals surface area contributed by atoms with Crippen LogP contribution in [0.2, 0.25) is 0 Å². The summed E-state index contributed by atoms with van der Waals surface area (Å²) in [6.45, 7) is 1.86. The zero-order valence-corrected chi connectivity index (χ0v) is 20.3. The summed E-state index contributed by atoms with van der Waals surface area (Å²) < 4.78 is 15.0. The fourth-order valence-corrected chi connectivity index (χ4v) is 4.44. The highest BCUT2D eigenvalue weighted by atomic mass is 19.1. The molecule has 4 rings (SSSR count). The molecule has 0 spiro atoms. The standard InChI is InChI=1S/C25H28FN7O3/c1-4-19(16-5-7-17(26)8-6-16)30-25(36)33-21(23(35)32(3)24-29-11-12-31(24)2)18(22(33)34)13-15-9-10-28-20(27)14-15/h5-12,14,18-19,21H,4,13H2,1-3H3,(H2,27,28)(H,30,36)/t18-,19-,21+/m1/s1. The van der Waals surface area contributed by atoms with Crippen molar-refractivity contribution in [3.05, 3.63) is 71.9 Å². The van der Waals surface area contributed by atoms with Gasteiger partial charge in [-0.3, -0.25) is 19.4 Å². The van der Waals surface area contributed by atoms with Crippen molar-refractivity contribution in [3.8, 4) is 0 Å². The second-order valence-corrected chi connectivity index (χ2v) is 8.75. The molecule has 36 heavy (non-hydrogen) atoms. The first kappa shape index (κ1) is 24.8. The third-order valence-electron chi connectivity index (χ3n) is 6.39. The van der Waals surface area contributed by atoms with Crippen molar-refractivity contribution in [2.24, 2.45) is 13.0 Å². The Hall–Kier alpha value is -4.28. The number of rotatable bonds is 7. The SMILES string of the molecule is CC[C@@H](NC(=O)N1C(=O)[C@H](Cc2ccnc(N)c2)[C@H]1C(=O)N(C)c1nccn1C)c1ccc(F)cc1. The molecule has 1 aromatic carbocycles. The summed E-state index contributed by atoms with van der Waals surface area (Å²) in [6.07, 6.45) is 5.51. The zero-order valence-electron chi connectivity index (χ0n) is 20.3. The number of β-lactam (4-membered cyclic amide) rings is 1. The van der Waals surface area contributed by atoms with Crippen molar-refractivity contribution in [1.82, 2.24) is 24.8 Å². The highest BCUT2D eigenvalue weighted by Crippen LogP contribution is 2.33. The van der Waals surface area contributed by atoms with E-state index in [9.17, 15) is 18.8 Å². The number of carbonyl (C=O) groups excluding carboxylic acids is 3. The molecule has 188 valence electrons. The maximum Gasteiger partial charge on any atom is 0.325 e. The van der Waals surface area contributed by atoms with Crippen molar-refractivity contribution in [3.63, 3.8) is 0 Å². The quantitative estimate of drug-likeness (QED) is 0.487. The van der Waals surface area contributed by atoms with Crippen molar-refractivity contribution >= 4 is 29.6 Å². The third-order valence-corrected chi connectivity index (χ3v) is 6.39. The van der Waals surface area contributed by atoms with E-state index in [4.69, 9.17) is 5.73 Å². The molecule has 0 bridgehead atoms. The van der Waals surface area contributed by atoms with E-state index in [0.29, 0.717) is 23.8 Å². The van der Waals surface area contributed by atoms with E-state index in [1.165, 1.54) is 23.2 Å². The number of aryl methyl sites for hydroxylation is 1. The van der Waals surface area contributed by atoms with Gasteiger partial charge in [-0.15, -0.1) is 0 Å². The van der Waals surface area contributed by atoms with Gasteiger partial charge in [0.05, 0.1) is 12.0 Å². The van der Waals surface area contributed by atoms with Crippen molar-refractivity contribution in [2.75, 3.05) is 17.7 Å². The number of aromatic nitrogens is 3. The molecule has 0 unspecified atom stereocenters. The first-order valence-electron chi connectivity index (χ1n) is 11.6. The number of nitrogen functional groups attached to an aromatic ring is 1. The molecule has 1 saturated heterocycles. The fourth-order valence-electron chi connectivity index (χ4n) is 4.44. The Kier molecular flexibility index (Phi) is 7.00. The minimum Gasteiger partial charge on any atom is -0.384 e. The molecule has 3 N–H and O–H groups in total. The number of benzene rings is 1. The van der Waals surface area contributed by atoms with Crippen LogP contribution in [-0.4, -0.2) is 50.4 Å². The van der Waals surface area contributed by atoms with E-state index in [1.807, 2.05) is 6.92 Å². The van der Waals surface area contributed by atoms with E-state index in [-0.39, 0.29) is 12.2 Å². The van der Waals surface area contributed by atoms with Crippen LogP contribution in [0.1, 0.15) is 30.5 Å². The van der Waals surface area contributed by atoms with E-state index in [2.05, 4.69) is 15.3 Å². The number of imidazole rings is 1. The van der Waals surface area contributed by atoms with Crippen molar-refractivity contribution < 1.29 is 18.8 Å². The lowest BCUT2D eigenvalue weighted by Crippen LogP contribution is -2.70. The van der Waals surface area contributed by atoms with Crippen LogP contribution in [0.3, 0.4) is 0 Å². The number of likely N-dealkylation sites (N-methyl/N-ethyl adjacent to an activating group) is 1.